The molecule has 0 spiro atoms. The maximum absolute atomic E-state index is 11.9. The smallest absolute Gasteiger partial charge is 0.409 e. The molecule has 0 radical (unpaired) electrons. The van der Waals surface area contributed by atoms with E-state index < -0.39 is 0 Å². The lowest BCUT2D eigenvalue weighted by Crippen LogP contribution is -2.31. The summed E-state index contributed by atoms with van der Waals surface area (Å²) in [5, 5.41) is 4.37. The van der Waals surface area contributed by atoms with Crippen molar-refractivity contribution in [1.82, 2.24) is 19.9 Å². The third kappa shape index (κ3) is 3.67. The minimum absolute atomic E-state index is 0.111. The van der Waals surface area contributed by atoms with Crippen LogP contribution >= 0.6 is 22.7 Å². The zero-order chi connectivity index (χ0) is 22.4. The number of H-pyrrole nitrogens is 1. The van der Waals surface area contributed by atoms with Crippen LogP contribution in [-0.4, -0.2) is 53.3 Å². The van der Waals surface area contributed by atoms with Gasteiger partial charge in [-0.1, -0.05) is 11.3 Å². The van der Waals surface area contributed by atoms with Crippen molar-refractivity contribution in [2.24, 2.45) is 0 Å². The van der Waals surface area contributed by atoms with E-state index in [9.17, 15) is 9.59 Å². The Hall–Kier alpha value is -3.18. The van der Waals surface area contributed by atoms with Gasteiger partial charge in [0.1, 0.15) is 28.8 Å². The summed E-state index contributed by atoms with van der Waals surface area (Å²) in [6, 6.07) is 3.70. The van der Waals surface area contributed by atoms with Crippen LogP contribution in [0.2, 0.25) is 0 Å². The predicted molar refractivity (Wildman–Crippen MR) is 126 cm³/mol. The average molecular weight is 472 g/mol. The number of carbonyl (C=O) groups is 1. The second-order valence-electron chi connectivity index (χ2n) is 7.74. The standard InChI is InChI=1S/C21H21N5O4S2/c1-26(2)21(28)30-10-4-5-11-15(6-10)31-19-17(11)18(22-9-23-19)24-12-8-16-13(7-14(12)29-3)25-20(27)32-16/h7-10H,4-6H2,1-3H3,(H,25,27)(H,22,23,24). The van der Waals surface area contributed by atoms with Gasteiger partial charge in [0.05, 0.1) is 28.4 Å². The van der Waals surface area contributed by atoms with Gasteiger partial charge in [0.25, 0.3) is 0 Å². The van der Waals surface area contributed by atoms with Crippen molar-refractivity contribution < 1.29 is 14.3 Å². The van der Waals surface area contributed by atoms with Crippen LogP contribution in [0.1, 0.15) is 16.9 Å². The van der Waals surface area contributed by atoms with Crippen LogP contribution in [0.4, 0.5) is 16.3 Å². The van der Waals surface area contributed by atoms with E-state index in [0.717, 1.165) is 55.2 Å². The van der Waals surface area contributed by atoms with E-state index in [4.69, 9.17) is 9.47 Å². The number of aryl methyl sites for hydroxylation is 1. The highest BCUT2D eigenvalue weighted by Gasteiger charge is 2.28. The van der Waals surface area contributed by atoms with Crippen LogP contribution in [0.25, 0.3) is 20.4 Å². The molecule has 32 heavy (non-hydrogen) atoms. The Labute approximate surface area is 191 Å². The molecular formula is C21H21N5O4S2. The number of thiophene rings is 1. The Kier molecular flexibility index (Phi) is 5.22. The Morgan fingerprint density at radius 1 is 1.28 bits per heavy atom. The normalized spacial score (nSPS) is 15.5. The maximum atomic E-state index is 11.9. The molecule has 0 aliphatic heterocycles. The largest absolute Gasteiger partial charge is 0.494 e. The molecule has 1 amide bonds. The quantitative estimate of drug-likeness (QED) is 0.464. The summed E-state index contributed by atoms with van der Waals surface area (Å²) in [7, 11) is 4.95. The Balaban J connectivity index is 1.50. The van der Waals surface area contributed by atoms with Gasteiger partial charge in [0.2, 0.25) is 0 Å². The van der Waals surface area contributed by atoms with E-state index in [-0.39, 0.29) is 17.1 Å². The molecule has 166 valence electrons. The first kappa shape index (κ1) is 20.7. The number of anilines is 2. The summed E-state index contributed by atoms with van der Waals surface area (Å²) in [5.41, 5.74) is 2.65. The number of ether oxygens (including phenoxy) is 2. The highest BCUT2D eigenvalue weighted by molar-refractivity contribution is 7.19. The van der Waals surface area contributed by atoms with E-state index in [2.05, 4.69) is 20.3 Å². The molecule has 3 heterocycles. The summed E-state index contributed by atoms with van der Waals surface area (Å²) in [6.07, 6.45) is 3.26. The third-order valence-electron chi connectivity index (χ3n) is 5.43. The molecule has 0 fully saturated rings. The first-order valence-corrected chi connectivity index (χ1v) is 11.7. The maximum Gasteiger partial charge on any atom is 0.409 e. The number of thiazole rings is 1. The summed E-state index contributed by atoms with van der Waals surface area (Å²) in [4.78, 5) is 38.9. The van der Waals surface area contributed by atoms with Gasteiger partial charge in [-0.2, -0.15) is 0 Å². The van der Waals surface area contributed by atoms with Gasteiger partial charge in [-0.3, -0.25) is 4.79 Å². The summed E-state index contributed by atoms with van der Waals surface area (Å²) in [6.45, 7) is 0. The number of nitrogens with zero attached hydrogens (tertiary/aromatic N) is 3. The lowest BCUT2D eigenvalue weighted by molar-refractivity contribution is 0.0685. The zero-order valence-electron chi connectivity index (χ0n) is 17.7. The van der Waals surface area contributed by atoms with Crippen molar-refractivity contribution in [3.63, 3.8) is 0 Å². The molecule has 9 nitrogen and oxygen atoms in total. The second kappa shape index (κ2) is 8.06. The molecule has 2 N–H and O–H groups in total. The summed E-state index contributed by atoms with van der Waals surface area (Å²) in [5.74, 6) is 1.30. The molecule has 3 aromatic heterocycles. The molecule has 1 atom stereocenters. The van der Waals surface area contributed by atoms with Crippen molar-refractivity contribution in [3.8, 4) is 5.75 Å². The first-order valence-electron chi connectivity index (χ1n) is 10.0. The van der Waals surface area contributed by atoms with Gasteiger partial charge in [-0.25, -0.2) is 14.8 Å². The number of hydrogen-bond acceptors (Lipinski definition) is 9. The lowest BCUT2D eigenvalue weighted by Gasteiger charge is -2.24. The Morgan fingerprint density at radius 3 is 2.91 bits per heavy atom. The van der Waals surface area contributed by atoms with Gasteiger partial charge < -0.3 is 24.7 Å². The van der Waals surface area contributed by atoms with Crippen molar-refractivity contribution in [2.45, 2.75) is 25.4 Å². The second-order valence-corrected chi connectivity index (χ2v) is 9.84. The fourth-order valence-electron chi connectivity index (χ4n) is 3.89. The molecule has 4 aromatic rings. The van der Waals surface area contributed by atoms with Crippen molar-refractivity contribution in [1.29, 1.82) is 0 Å². The van der Waals surface area contributed by atoms with Crippen molar-refractivity contribution in [2.75, 3.05) is 26.5 Å². The number of rotatable bonds is 4. The first-order chi connectivity index (χ1) is 15.4. The van der Waals surface area contributed by atoms with Crippen LogP contribution in [0.3, 0.4) is 0 Å². The number of nitrogens with one attached hydrogen (secondary N) is 2. The number of aromatic nitrogens is 3. The fourth-order valence-corrected chi connectivity index (χ4v) is 5.90. The van der Waals surface area contributed by atoms with E-state index in [0.29, 0.717) is 18.0 Å². The minimum atomic E-state index is -0.323. The third-order valence-corrected chi connectivity index (χ3v) is 7.43. The molecule has 1 unspecified atom stereocenters. The number of aromatic amines is 1. The number of methoxy groups -OCH3 is 1. The molecule has 1 aliphatic carbocycles. The minimum Gasteiger partial charge on any atom is -0.494 e. The molecule has 5 rings (SSSR count). The molecule has 0 saturated carbocycles. The molecule has 1 aliphatic rings. The predicted octanol–water partition coefficient (Wildman–Crippen LogP) is 3.90. The molecule has 0 saturated heterocycles. The highest BCUT2D eigenvalue weighted by atomic mass is 32.1. The van der Waals surface area contributed by atoms with E-state index in [1.54, 1.807) is 38.6 Å². The van der Waals surface area contributed by atoms with Crippen molar-refractivity contribution in [3.05, 3.63) is 38.6 Å². The SMILES string of the molecule is COc1cc2[nH]c(=O)sc2cc1Nc1ncnc2sc3c(c12)CCC(OC(=O)N(C)C)C3. The van der Waals surface area contributed by atoms with Gasteiger partial charge >= 0.3 is 11.0 Å². The van der Waals surface area contributed by atoms with E-state index in [1.165, 1.54) is 16.8 Å². The Morgan fingerprint density at radius 2 is 2.12 bits per heavy atom. The van der Waals surface area contributed by atoms with Gasteiger partial charge in [0.15, 0.2) is 0 Å². The average Bonchev–Trinajstić information content (AvgIpc) is 3.31. The van der Waals surface area contributed by atoms with Crippen molar-refractivity contribution >= 4 is 60.7 Å². The zero-order valence-corrected chi connectivity index (χ0v) is 19.4. The number of amides is 1. The van der Waals surface area contributed by atoms with Gasteiger partial charge in [0, 0.05) is 31.5 Å². The van der Waals surface area contributed by atoms with Crippen LogP contribution in [0, 0.1) is 0 Å². The number of fused-ring (bicyclic) bond motifs is 4. The molecule has 0 bridgehead atoms. The van der Waals surface area contributed by atoms with Gasteiger partial charge in [-0.05, 0) is 24.5 Å². The number of benzene rings is 1. The summed E-state index contributed by atoms with van der Waals surface area (Å²) >= 11 is 2.76. The van der Waals surface area contributed by atoms with E-state index in [1.807, 2.05) is 6.07 Å². The number of carbonyl (C=O) groups excluding carboxylic acids is 1. The van der Waals surface area contributed by atoms with Crippen LogP contribution in [0.5, 0.6) is 5.75 Å². The topological polar surface area (TPSA) is 109 Å². The molecule has 11 heteroatoms. The molecular weight excluding hydrogens is 450 g/mol. The Bertz CT molecular complexity index is 1390. The van der Waals surface area contributed by atoms with Gasteiger partial charge in [-0.15, -0.1) is 11.3 Å². The van der Waals surface area contributed by atoms with E-state index >= 15 is 0 Å². The van der Waals surface area contributed by atoms with Crippen LogP contribution in [0.15, 0.2) is 23.3 Å². The highest BCUT2D eigenvalue weighted by Crippen LogP contribution is 2.41. The molecule has 1 aromatic carbocycles. The fraction of sp³-hybridized carbons (Fsp3) is 0.333. The lowest BCUT2D eigenvalue weighted by atomic mass is 9.94. The van der Waals surface area contributed by atoms with Crippen LogP contribution < -0.4 is 14.9 Å². The number of hydrogen-bond donors (Lipinski definition) is 2. The van der Waals surface area contributed by atoms with Crippen LogP contribution in [-0.2, 0) is 17.6 Å². The monoisotopic (exact) mass is 471 g/mol. The summed E-state index contributed by atoms with van der Waals surface area (Å²) < 4.78 is 12.0.